The molecule has 14 heavy (non-hydrogen) atoms. The summed E-state index contributed by atoms with van der Waals surface area (Å²) in [5.41, 5.74) is 1.18. The monoisotopic (exact) mass is 211 g/mol. The SMILES string of the molecule is CC(Cc1cncs1)(C(=O)O)C1CC1. The van der Waals surface area contributed by atoms with E-state index in [1.165, 1.54) is 11.3 Å². The third kappa shape index (κ3) is 1.66. The van der Waals surface area contributed by atoms with Crippen LogP contribution in [0, 0.1) is 11.3 Å². The molecule has 0 bridgehead atoms. The minimum atomic E-state index is -0.673. The topological polar surface area (TPSA) is 50.2 Å². The molecule has 0 spiro atoms. The van der Waals surface area contributed by atoms with Crippen LogP contribution in [0.15, 0.2) is 11.7 Å². The molecule has 4 heteroatoms. The van der Waals surface area contributed by atoms with E-state index in [2.05, 4.69) is 4.98 Å². The number of thiazole rings is 1. The van der Waals surface area contributed by atoms with E-state index in [0.29, 0.717) is 12.3 Å². The van der Waals surface area contributed by atoms with E-state index in [1.807, 2.05) is 6.92 Å². The van der Waals surface area contributed by atoms with Gasteiger partial charge in [0.15, 0.2) is 0 Å². The van der Waals surface area contributed by atoms with Gasteiger partial charge in [-0.15, -0.1) is 11.3 Å². The Balaban J connectivity index is 2.15. The molecule has 0 radical (unpaired) electrons. The lowest BCUT2D eigenvalue weighted by Gasteiger charge is -2.23. The molecule has 1 N–H and O–H groups in total. The third-order valence-electron chi connectivity index (χ3n) is 2.99. The maximum absolute atomic E-state index is 11.2. The molecule has 1 aromatic heterocycles. The van der Waals surface area contributed by atoms with Gasteiger partial charge < -0.3 is 5.11 Å². The van der Waals surface area contributed by atoms with Crippen LogP contribution in [0.3, 0.4) is 0 Å². The van der Waals surface area contributed by atoms with E-state index < -0.39 is 11.4 Å². The highest BCUT2D eigenvalue weighted by atomic mass is 32.1. The smallest absolute Gasteiger partial charge is 0.309 e. The summed E-state index contributed by atoms with van der Waals surface area (Å²) >= 11 is 1.54. The number of hydrogen-bond acceptors (Lipinski definition) is 3. The highest BCUT2D eigenvalue weighted by molar-refractivity contribution is 7.09. The fourth-order valence-corrected chi connectivity index (χ4v) is 2.57. The van der Waals surface area contributed by atoms with Crippen LogP contribution in [0.4, 0.5) is 0 Å². The maximum Gasteiger partial charge on any atom is 0.309 e. The fraction of sp³-hybridized carbons (Fsp3) is 0.600. The second-order valence-electron chi connectivity index (χ2n) is 4.14. The molecule has 0 amide bonds. The molecule has 0 saturated heterocycles. The Labute approximate surface area is 86.8 Å². The quantitative estimate of drug-likeness (QED) is 0.830. The first-order valence-corrected chi connectivity index (χ1v) is 5.61. The summed E-state index contributed by atoms with van der Waals surface area (Å²) in [7, 11) is 0. The minimum Gasteiger partial charge on any atom is -0.481 e. The summed E-state index contributed by atoms with van der Waals surface area (Å²) in [6.45, 7) is 1.85. The molecule has 1 unspecified atom stereocenters. The van der Waals surface area contributed by atoms with E-state index in [9.17, 15) is 9.90 Å². The first kappa shape index (κ1) is 9.65. The number of aliphatic carboxylic acids is 1. The van der Waals surface area contributed by atoms with Gasteiger partial charge in [0, 0.05) is 11.1 Å². The Morgan fingerprint density at radius 3 is 2.93 bits per heavy atom. The summed E-state index contributed by atoms with van der Waals surface area (Å²) in [5.74, 6) is -0.310. The molecular weight excluding hydrogens is 198 g/mol. The lowest BCUT2D eigenvalue weighted by molar-refractivity contribution is -0.149. The van der Waals surface area contributed by atoms with Gasteiger partial charge in [0.25, 0.3) is 0 Å². The van der Waals surface area contributed by atoms with Gasteiger partial charge in [0.2, 0.25) is 0 Å². The lowest BCUT2D eigenvalue weighted by Crippen LogP contribution is -2.32. The molecular formula is C10H13NO2S. The molecule has 0 aromatic carbocycles. The van der Waals surface area contributed by atoms with Gasteiger partial charge in [0.05, 0.1) is 10.9 Å². The van der Waals surface area contributed by atoms with Gasteiger partial charge in [-0.05, 0) is 32.1 Å². The number of carboxylic acids is 1. The zero-order valence-corrected chi connectivity index (χ0v) is 8.88. The largest absolute Gasteiger partial charge is 0.481 e. The normalized spacial score (nSPS) is 20.4. The second kappa shape index (κ2) is 3.35. The van der Waals surface area contributed by atoms with Crippen molar-refractivity contribution in [2.24, 2.45) is 11.3 Å². The van der Waals surface area contributed by atoms with Crippen molar-refractivity contribution in [1.29, 1.82) is 0 Å². The summed E-state index contributed by atoms with van der Waals surface area (Å²) in [5, 5.41) is 9.23. The predicted molar refractivity (Wildman–Crippen MR) is 54.3 cm³/mol. The Bertz CT molecular complexity index is 332. The molecule has 0 aliphatic heterocycles. The van der Waals surface area contributed by atoms with Crippen LogP contribution < -0.4 is 0 Å². The van der Waals surface area contributed by atoms with Crippen molar-refractivity contribution in [2.45, 2.75) is 26.2 Å². The molecule has 1 heterocycles. The number of hydrogen-bond donors (Lipinski definition) is 1. The second-order valence-corrected chi connectivity index (χ2v) is 5.11. The molecule has 1 saturated carbocycles. The van der Waals surface area contributed by atoms with Crippen LogP contribution in [0.25, 0.3) is 0 Å². The third-order valence-corrected chi connectivity index (χ3v) is 3.77. The first-order valence-electron chi connectivity index (χ1n) is 4.73. The molecule has 1 aliphatic rings. The highest BCUT2D eigenvalue weighted by Gasteiger charge is 2.47. The highest BCUT2D eigenvalue weighted by Crippen LogP contribution is 2.47. The van der Waals surface area contributed by atoms with Crippen LogP contribution in [0.1, 0.15) is 24.6 Å². The van der Waals surface area contributed by atoms with Crippen molar-refractivity contribution in [3.8, 4) is 0 Å². The number of aromatic nitrogens is 1. The van der Waals surface area contributed by atoms with Gasteiger partial charge in [0.1, 0.15) is 0 Å². The first-order chi connectivity index (χ1) is 6.63. The standard InChI is InChI=1S/C10H13NO2S/c1-10(9(12)13,7-2-3-7)4-8-5-11-6-14-8/h5-7H,2-4H2,1H3,(H,12,13). The van der Waals surface area contributed by atoms with Crippen LogP contribution in [0.5, 0.6) is 0 Å². The number of nitrogens with zero attached hydrogens (tertiary/aromatic N) is 1. The van der Waals surface area contributed by atoms with E-state index in [4.69, 9.17) is 0 Å². The zero-order valence-electron chi connectivity index (χ0n) is 8.06. The summed E-state index contributed by atoms with van der Waals surface area (Å²) < 4.78 is 0. The number of carboxylic acid groups (broad SMARTS) is 1. The summed E-state index contributed by atoms with van der Waals surface area (Å²) in [4.78, 5) is 16.3. The van der Waals surface area contributed by atoms with Crippen LogP contribution in [-0.4, -0.2) is 16.1 Å². The van der Waals surface area contributed by atoms with Gasteiger partial charge in [-0.2, -0.15) is 0 Å². The zero-order chi connectivity index (χ0) is 10.2. The summed E-state index contributed by atoms with van der Waals surface area (Å²) in [6, 6.07) is 0. The average molecular weight is 211 g/mol. The Morgan fingerprint density at radius 1 is 1.79 bits per heavy atom. The minimum absolute atomic E-state index is 0.363. The Morgan fingerprint density at radius 2 is 2.50 bits per heavy atom. The predicted octanol–water partition coefficient (Wildman–Crippen LogP) is 2.19. The molecule has 1 fully saturated rings. The molecule has 1 atom stereocenters. The van der Waals surface area contributed by atoms with Gasteiger partial charge in [-0.3, -0.25) is 9.78 Å². The van der Waals surface area contributed by atoms with Gasteiger partial charge in [-0.25, -0.2) is 0 Å². The Hall–Kier alpha value is -0.900. The molecule has 2 rings (SSSR count). The van der Waals surface area contributed by atoms with Crippen molar-refractivity contribution < 1.29 is 9.90 Å². The summed E-state index contributed by atoms with van der Waals surface area (Å²) in [6.07, 6.45) is 4.51. The molecule has 76 valence electrons. The lowest BCUT2D eigenvalue weighted by atomic mass is 9.81. The van der Waals surface area contributed by atoms with E-state index in [-0.39, 0.29) is 0 Å². The van der Waals surface area contributed by atoms with Crippen LogP contribution in [-0.2, 0) is 11.2 Å². The van der Waals surface area contributed by atoms with Crippen molar-refractivity contribution in [3.63, 3.8) is 0 Å². The van der Waals surface area contributed by atoms with E-state index in [1.54, 1.807) is 11.7 Å². The van der Waals surface area contributed by atoms with Crippen molar-refractivity contribution in [1.82, 2.24) is 4.98 Å². The van der Waals surface area contributed by atoms with Gasteiger partial charge >= 0.3 is 5.97 Å². The van der Waals surface area contributed by atoms with Crippen LogP contribution >= 0.6 is 11.3 Å². The molecule has 1 aliphatic carbocycles. The fourth-order valence-electron chi connectivity index (χ4n) is 1.81. The number of carbonyl (C=O) groups is 1. The van der Waals surface area contributed by atoms with Crippen molar-refractivity contribution in [2.75, 3.05) is 0 Å². The number of rotatable bonds is 4. The van der Waals surface area contributed by atoms with E-state index >= 15 is 0 Å². The van der Waals surface area contributed by atoms with Crippen LogP contribution in [0.2, 0.25) is 0 Å². The van der Waals surface area contributed by atoms with Crippen molar-refractivity contribution in [3.05, 3.63) is 16.6 Å². The van der Waals surface area contributed by atoms with E-state index in [0.717, 1.165) is 17.7 Å². The maximum atomic E-state index is 11.2. The molecule has 3 nitrogen and oxygen atoms in total. The molecule has 1 aromatic rings. The van der Waals surface area contributed by atoms with Crippen molar-refractivity contribution >= 4 is 17.3 Å². The Kier molecular flexibility index (Phi) is 2.31. The van der Waals surface area contributed by atoms with Gasteiger partial charge in [-0.1, -0.05) is 0 Å². The average Bonchev–Trinajstić information content (AvgIpc) is 2.87.